The standard InChI is InChI=1S/C20H22N6O/c1-14-7-3-4-10-18(14)19-11-6-12-25(19)20(27)21-16-8-5-9-17(13-16)26-15(2)22-23-24-26/h3-5,7-10,13,19H,6,11-12H2,1-2H3,(H,21,27). The van der Waals surface area contributed by atoms with Gasteiger partial charge >= 0.3 is 6.03 Å². The Kier molecular flexibility index (Phi) is 4.58. The lowest BCUT2D eigenvalue weighted by Crippen LogP contribution is -2.34. The predicted octanol–water partition coefficient (Wildman–Crippen LogP) is 3.65. The molecule has 2 amide bonds. The molecule has 0 radical (unpaired) electrons. The molecule has 7 nitrogen and oxygen atoms in total. The zero-order chi connectivity index (χ0) is 18.8. The molecule has 0 bridgehead atoms. The number of nitrogens with zero attached hydrogens (tertiary/aromatic N) is 5. The van der Waals surface area contributed by atoms with Crippen LogP contribution in [0.1, 0.15) is 35.8 Å². The molecule has 1 saturated heterocycles. The number of amides is 2. The van der Waals surface area contributed by atoms with Crippen LogP contribution in [0.3, 0.4) is 0 Å². The SMILES string of the molecule is Cc1ccccc1C1CCCN1C(=O)Nc1cccc(-n2nnnc2C)c1. The van der Waals surface area contributed by atoms with Crippen molar-refractivity contribution in [2.24, 2.45) is 0 Å². The van der Waals surface area contributed by atoms with Crippen LogP contribution in [0, 0.1) is 13.8 Å². The quantitative estimate of drug-likeness (QED) is 0.772. The van der Waals surface area contributed by atoms with Gasteiger partial charge in [0.2, 0.25) is 0 Å². The molecule has 138 valence electrons. The molecular formula is C20H22N6O. The topological polar surface area (TPSA) is 75.9 Å². The Hall–Kier alpha value is -3.22. The van der Waals surface area contributed by atoms with Gasteiger partial charge in [-0.05, 0) is 66.4 Å². The highest BCUT2D eigenvalue weighted by Crippen LogP contribution is 2.34. The summed E-state index contributed by atoms with van der Waals surface area (Å²) in [5.74, 6) is 0.692. The average Bonchev–Trinajstić information content (AvgIpc) is 3.31. The van der Waals surface area contributed by atoms with Crippen LogP contribution >= 0.6 is 0 Å². The summed E-state index contributed by atoms with van der Waals surface area (Å²) in [5.41, 5.74) is 3.98. The maximum atomic E-state index is 12.9. The molecule has 1 aliphatic heterocycles. The van der Waals surface area contributed by atoms with Gasteiger partial charge in [0.25, 0.3) is 0 Å². The van der Waals surface area contributed by atoms with Gasteiger partial charge in [0.15, 0.2) is 5.82 Å². The zero-order valence-electron chi connectivity index (χ0n) is 15.5. The Morgan fingerprint density at radius 2 is 2.00 bits per heavy atom. The number of hydrogen-bond donors (Lipinski definition) is 1. The van der Waals surface area contributed by atoms with Gasteiger partial charge in [-0.25, -0.2) is 4.79 Å². The van der Waals surface area contributed by atoms with Crippen LogP contribution in [-0.2, 0) is 0 Å². The minimum Gasteiger partial charge on any atom is -0.317 e. The van der Waals surface area contributed by atoms with Gasteiger partial charge < -0.3 is 10.2 Å². The molecule has 3 aromatic rings. The van der Waals surface area contributed by atoms with Crippen molar-refractivity contribution in [3.63, 3.8) is 0 Å². The Morgan fingerprint density at radius 1 is 1.15 bits per heavy atom. The first-order valence-electron chi connectivity index (χ1n) is 9.12. The summed E-state index contributed by atoms with van der Waals surface area (Å²) in [6, 6.07) is 15.9. The van der Waals surface area contributed by atoms with Crippen molar-refractivity contribution in [2.45, 2.75) is 32.7 Å². The summed E-state index contributed by atoms with van der Waals surface area (Å²) in [4.78, 5) is 14.9. The summed E-state index contributed by atoms with van der Waals surface area (Å²) in [6.07, 6.45) is 2.00. The van der Waals surface area contributed by atoms with E-state index in [2.05, 4.69) is 39.9 Å². The third kappa shape index (κ3) is 3.40. The van der Waals surface area contributed by atoms with Gasteiger partial charge in [0, 0.05) is 12.2 Å². The fraction of sp³-hybridized carbons (Fsp3) is 0.300. The first kappa shape index (κ1) is 17.2. The van der Waals surface area contributed by atoms with Gasteiger partial charge in [-0.3, -0.25) is 0 Å². The number of urea groups is 1. The molecule has 4 rings (SSSR count). The normalized spacial score (nSPS) is 16.5. The Morgan fingerprint density at radius 3 is 2.78 bits per heavy atom. The summed E-state index contributed by atoms with van der Waals surface area (Å²) in [7, 11) is 0. The number of hydrogen-bond acceptors (Lipinski definition) is 4. The Labute approximate surface area is 158 Å². The molecule has 1 atom stereocenters. The van der Waals surface area contributed by atoms with E-state index in [4.69, 9.17) is 0 Å². The summed E-state index contributed by atoms with van der Waals surface area (Å²) >= 11 is 0. The number of tetrazole rings is 1. The van der Waals surface area contributed by atoms with Crippen LogP contribution in [-0.4, -0.2) is 37.7 Å². The number of rotatable bonds is 3. The van der Waals surface area contributed by atoms with Gasteiger partial charge in [-0.2, -0.15) is 4.68 Å². The highest BCUT2D eigenvalue weighted by atomic mass is 16.2. The molecule has 1 N–H and O–H groups in total. The number of aromatic nitrogens is 4. The largest absolute Gasteiger partial charge is 0.322 e. The molecule has 1 aromatic heterocycles. The van der Waals surface area contributed by atoms with E-state index >= 15 is 0 Å². The van der Waals surface area contributed by atoms with E-state index in [1.165, 1.54) is 11.1 Å². The smallest absolute Gasteiger partial charge is 0.317 e. The van der Waals surface area contributed by atoms with Crippen molar-refractivity contribution in [2.75, 3.05) is 11.9 Å². The lowest BCUT2D eigenvalue weighted by Gasteiger charge is -2.26. The van der Waals surface area contributed by atoms with Gasteiger partial charge in [0.1, 0.15) is 0 Å². The number of likely N-dealkylation sites (tertiary alicyclic amines) is 1. The first-order valence-corrected chi connectivity index (χ1v) is 9.12. The highest BCUT2D eigenvalue weighted by molar-refractivity contribution is 5.90. The molecule has 0 spiro atoms. The van der Waals surface area contributed by atoms with Gasteiger partial charge in [-0.1, -0.05) is 30.3 Å². The van der Waals surface area contributed by atoms with E-state index in [1.54, 1.807) is 4.68 Å². The van der Waals surface area contributed by atoms with Crippen LogP contribution in [0.25, 0.3) is 5.69 Å². The van der Waals surface area contributed by atoms with Crippen LogP contribution in [0.2, 0.25) is 0 Å². The maximum absolute atomic E-state index is 12.9. The lowest BCUT2D eigenvalue weighted by molar-refractivity contribution is 0.207. The molecule has 2 heterocycles. The summed E-state index contributed by atoms with van der Waals surface area (Å²) in [5, 5.41) is 14.6. The molecule has 1 fully saturated rings. The van der Waals surface area contributed by atoms with Crippen LogP contribution in [0.15, 0.2) is 48.5 Å². The number of carbonyl (C=O) groups is 1. The lowest BCUT2D eigenvalue weighted by atomic mass is 9.99. The minimum atomic E-state index is -0.0775. The third-order valence-electron chi connectivity index (χ3n) is 5.03. The van der Waals surface area contributed by atoms with Crippen LogP contribution in [0.5, 0.6) is 0 Å². The van der Waals surface area contributed by atoms with E-state index in [0.717, 1.165) is 30.8 Å². The maximum Gasteiger partial charge on any atom is 0.322 e. The third-order valence-corrected chi connectivity index (χ3v) is 5.03. The second kappa shape index (κ2) is 7.19. The van der Waals surface area contributed by atoms with E-state index in [0.29, 0.717) is 5.82 Å². The van der Waals surface area contributed by atoms with Crippen molar-refractivity contribution in [1.82, 2.24) is 25.1 Å². The van der Waals surface area contributed by atoms with Crippen LogP contribution < -0.4 is 5.32 Å². The molecule has 2 aromatic carbocycles. The average molecular weight is 362 g/mol. The van der Waals surface area contributed by atoms with Crippen molar-refractivity contribution >= 4 is 11.7 Å². The minimum absolute atomic E-state index is 0.0775. The van der Waals surface area contributed by atoms with Crippen LogP contribution in [0.4, 0.5) is 10.5 Å². The Balaban J connectivity index is 1.54. The molecular weight excluding hydrogens is 340 g/mol. The molecule has 0 aliphatic carbocycles. The van der Waals surface area contributed by atoms with E-state index < -0.39 is 0 Å². The summed E-state index contributed by atoms with van der Waals surface area (Å²) < 4.78 is 1.64. The van der Waals surface area contributed by atoms with E-state index in [9.17, 15) is 4.79 Å². The van der Waals surface area contributed by atoms with Crippen molar-refractivity contribution in [3.05, 3.63) is 65.5 Å². The molecule has 1 aliphatic rings. The second-order valence-electron chi connectivity index (χ2n) is 6.83. The number of nitrogens with one attached hydrogen (secondary N) is 1. The number of anilines is 1. The highest BCUT2D eigenvalue weighted by Gasteiger charge is 2.30. The Bertz CT molecular complexity index is 966. The first-order chi connectivity index (χ1) is 13.1. The van der Waals surface area contributed by atoms with Crippen molar-refractivity contribution in [1.29, 1.82) is 0 Å². The fourth-order valence-electron chi connectivity index (χ4n) is 3.67. The van der Waals surface area contributed by atoms with Crippen molar-refractivity contribution in [3.8, 4) is 5.69 Å². The summed E-state index contributed by atoms with van der Waals surface area (Å²) in [6.45, 7) is 4.70. The molecule has 7 heteroatoms. The van der Waals surface area contributed by atoms with Crippen molar-refractivity contribution < 1.29 is 4.79 Å². The fourth-order valence-corrected chi connectivity index (χ4v) is 3.67. The van der Waals surface area contributed by atoms with Gasteiger partial charge in [-0.15, -0.1) is 5.10 Å². The number of carbonyl (C=O) groups excluding carboxylic acids is 1. The predicted molar refractivity (Wildman–Crippen MR) is 103 cm³/mol. The van der Waals surface area contributed by atoms with E-state index in [1.807, 2.05) is 48.2 Å². The van der Waals surface area contributed by atoms with Gasteiger partial charge in [0.05, 0.1) is 11.7 Å². The zero-order valence-corrected chi connectivity index (χ0v) is 15.5. The second-order valence-corrected chi connectivity index (χ2v) is 6.83. The molecule has 27 heavy (non-hydrogen) atoms. The van der Waals surface area contributed by atoms with E-state index in [-0.39, 0.29) is 12.1 Å². The number of benzene rings is 2. The number of aryl methyl sites for hydroxylation is 2. The molecule has 0 saturated carbocycles. The monoisotopic (exact) mass is 362 g/mol. The molecule has 1 unspecified atom stereocenters.